The van der Waals surface area contributed by atoms with E-state index in [-0.39, 0.29) is 12.6 Å². The van der Waals surface area contributed by atoms with Gasteiger partial charge in [-0.05, 0) is 0 Å². The third-order valence-corrected chi connectivity index (χ3v) is 1.36. The number of methoxy groups -OCH3 is 2. The molecule has 0 aromatic heterocycles. The molecule has 1 saturated heterocycles. The predicted octanol–water partition coefficient (Wildman–Crippen LogP) is -0.0218. The molecule has 0 aliphatic carbocycles. The first-order chi connectivity index (χ1) is 4.86. The lowest BCUT2D eigenvalue weighted by Crippen LogP contribution is -2.37. The van der Waals surface area contributed by atoms with Gasteiger partial charge in [-0.3, -0.25) is 0 Å². The molecule has 1 rings (SSSR count). The average Bonchev–Trinajstić information content (AvgIpc) is 2.05. The fraction of sp³-hybridized carbons (Fsp3) is 1.00. The second kappa shape index (κ2) is 3.88. The predicted molar refractivity (Wildman–Crippen MR) is 33.5 cm³/mol. The van der Waals surface area contributed by atoms with E-state index < -0.39 is 0 Å². The van der Waals surface area contributed by atoms with Crippen LogP contribution in [0.15, 0.2) is 0 Å². The maximum atomic E-state index is 5.16. The highest BCUT2D eigenvalue weighted by molar-refractivity contribution is 4.52. The normalized spacial score (nSPS) is 34.2. The average molecular weight is 148 g/mol. The summed E-state index contributed by atoms with van der Waals surface area (Å²) in [5, 5.41) is 0. The van der Waals surface area contributed by atoms with Gasteiger partial charge in [0.1, 0.15) is 13.2 Å². The zero-order valence-corrected chi connectivity index (χ0v) is 6.20. The Morgan fingerprint density at radius 3 is 1.60 bits per heavy atom. The van der Waals surface area contributed by atoms with E-state index in [0.29, 0.717) is 13.2 Å². The van der Waals surface area contributed by atoms with Gasteiger partial charge in [-0.25, -0.2) is 0 Å². The number of ether oxygens (including phenoxy) is 4. The molecule has 0 amide bonds. The van der Waals surface area contributed by atoms with E-state index in [0.717, 1.165) is 0 Å². The molecule has 0 N–H and O–H groups in total. The van der Waals surface area contributed by atoms with Gasteiger partial charge >= 0.3 is 0 Å². The van der Waals surface area contributed by atoms with Crippen LogP contribution in [-0.4, -0.2) is 40.0 Å². The number of rotatable bonds is 2. The van der Waals surface area contributed by atoms with Crippen molar-refractivity contribution in [2.45, 2.75) is 12.6 Å². The minimum atomic E-state index is -0.230. The number of hydrogen-bond acceptors (Lipinski definition) is 4. The molecule has 60 valence electrons. The number of hydrogen-bond donors (Lipinski definition) is 0. The molecule has 0 saturated carbocycles. The van der Waals surface area contributed by atoms with E-state index in [1.165, 1.54) is 0 Å². The molecule has 1 aliphatic rings. The van der Waals surface area contributed by atoms with Gasteiger partial charge in [-0.2, -0.15) is 0 Å². The second-order valence-electron chi connectivity index (χ2n) is 2.00. The second-order valence-corrected chi connectivity index (χ2v) is 2.00. The molecule has 1 aliphatic heterocycles. The topological polar surface area (TPSA) is 36.9 Å². The Morgan fingerprint density at radius 2 is 1.40 bits per heavy atom. The van der Waals surface area contributed by atoms with E-state index in [1.807, 2.05) is 0 Å². The van der Waals surface area contributed by atoms with Crippen LogP contribution in [0.2, 0.25) is 0 Å². The summed E-state index contributed by atoms with van der Waals surface area (Å²) in [6.45, 7) is 0.879. The van der Waals surface area contributed by atoms with Crippen LogP contribution in [0.5, 0.6) is 0 Å². The molecule has 1 fully saturated rings. The van der Waals surface area contributed by atoms with Gasteiger partial charge < -0.3 is 18.9 Å². The third kappa shape index (κ3) is 1.91. The van der Waals surface area contributed by atoms with Gasteiger partial charge in [0, 0.05) is 14.2 Å². The Bertz CT molecular complexity index is 75.7. The SMILES string of the molecule is CO[C@H]1CO[C@@H](OC)CO1. The van der Waals surface area contributed by atoms with E-state index in [1.54, 1.807) is 14.2 Å². The highest BCUT2D eigenvalue weighted by Gasteiger charge is 2.20. The molecule has 4 heteroatoms. The van der Waals surface area contributed by atoms with E-state index >= 15 is 0 Å². The minimum Gasteiger partial charge on any atom is -0.354 e. The van der Waals surface area contributed by atoms with Crippen molar-refractivity contribution in [1.82, 2.24) is 0 Å². The highest BCUT2D eigenvalue weighted by Crippen LogP contribution is 2.07. The first kappa shape index (κ1) is 7.94. The largest absolute Gasteiger partial charge is 0.354 e. The van der Waals surface area contributed by atoms with Crippen molar-refractivity contribution in [3.05, 3.63) is 0 Å². The lowest BCUT2D eigenvalue weighted by atomic mass is 10.5. The Balaban J connectivity index is 2.17. The molecular weight excluding hydrogens is 136 g/mol. The van der Waals surface area contributed by atoms with Crippen LogP contribution >= 0.6 is 0 Å². The molecule has 0 bridgehead atoms. The van der Waals surface area contributed by atoms with Crippen molar-refractivity contribution >= 4 is 0 Å². The van der Waals surface area contributed by atoms with Crippen LogP contribution in [-0.2, 0) is 18.9 Å². The van der Waals surface area contributed by atoms with Crippen LogP contribution in [0.4, 0.5) is 0 Å². The van der Waals surface area contributed by atoms with Crippen molar-refractivity contribution in [3.8, 4) is 0 Å². The lowest BCUT2D eigenvalue weighted by molar-refractivity contribution is -0.277. The Hall–Kier alpha value is -0.160. The van der Waals surface area contributed by atoms with Gasteiger partial charge in [0.2, 0.25) is 0 Å². The zero-order chi connectivity index (χ0) is 7.40. The van der Waals surface area contributed by atoms with Gasteiger partial charge in [0.25, 0.3) is 0 Å². The monoisotopic (exact) mass is 148 g/mol. The molecule has 0 aromatic rings. The smallest absolute Gasteiger partial charge is 0.180 e. The molecule has 0 radical (unpaired) electrons. The fourth-order valence-corrected chi connectivity index (χ4v) is 0.740. The summed E-state index contributed by atoms with van der Waals surface area (Å²) in [5.41, 5.74) is 0. The molecule has 0 unspecified atom stereocenters. The molecule has 2 atom stereocenters. The molecule has 10 heavy (non-hydrogen) atoms. The van der Waals surface area contributed by atoms with Gasteiger partial charge in [-0.15, -0.1) is 0 Å². The molecule has 1 heterocycles. The fourth-order valence-electron chi connectivity index (χ4n) is 0.740. The minimum absolute atomic E-state index is 0.230. The summed E-state index contributed by atoms with van der Waals surface area (Å²) in [7, 11) is 3.17. The molecule has 0 aromatic carbocycles. The van der Waals surface area contributed by atoms with Crippen LogP contribution in [0.3, 0.4) is 0 Å². The maximum Gasteiger partial charge on any atom is 0.180 e. The quantitative estimate of drug-likeness (QED) is 0.551. The summed E-state index contributed by atoms with van der Waals surface area (Å²) in [4.78, 5) is 0. The zero-order valence-electron chi connectivity index (χ0n) is 6.20. The van der Waals surface area contributed by atoms with Crippen LogP contribution in [0, 0.1) is 0 Å². The van der Waals surface area contributed by atoms with Crippen LogP contribution < -0.4 is 0 Å². The van der Waals surface area contributed by atoms with E-state index in [2.05, 4.69) is 0 Å². The van der Waals surface area contributed by atoms with Gasteiger partial charge in [-0.1, -0.05) is 0 Å². The van der Waals surface area contributed by atoms with Gasteiger partial charge in [0.05, 0.1) is 0 Å². The first-order valence-corrected chi connectivity index (χ1v) is 3.15. The van der Waals surface area contributed by atoms with E-state index in [4.69, 9.17) is 18.9 Å². The summed E-state index contributed by atoms with van der Waals surface area (Å²) in [5.74, 6) is 0. The van der Waals surface area contributed by atoms with Crippen molar-refractivity contribution in [2.24, 2.45) is 0 Å². The Morgan fingerprint density at radius 1 is 1.00 bits per heavy atom. The maximum absolute atomic E-state index is 5.16. The summed E-state index contributed by atoms with van der Waals surface area (Å²) < 4.78 is 20.1. The van der Waals surface area contributed by atoms with Crippen molar-refractivity contribution in [2.75, 3.05) is 27.4 Å². The van der Waals surface area contributed by atoms with Crippen LogP contribution in [0.25, 0.3) is 0 Å². The summed E-state index contributed by atoms with van der Waals surface area (Å²) in [6.07, 6.45) is -0.460. The van der Waals surface area contributed by atoms with Crippen molar-refractivity contribution < 1.29 is 18.9 Å². The van der Waals surface area contributed by atoms with Crippen molar-refractivity contribution in [3.63, 3.8) is 0 Å². The molecular formula is C6H12O4. The summed E-state index contributed by atoms with van der Waals surface area (Å²) in [6, 6.07) is 0. The van der Waals surface area contributed by atoms with Crippen molar-refractivity contribution in [1.29, 1.82) is 0 Å². The Labute approximate surface area is 60.0 Å². The Kier molecular flexibility index (Phi) is 3.08. The molecule has 4 nitrogen and oxygen atoms in total. The molecule has 0 spiro atoms. The first-order valence-electron chi connectivity index (χ1n) is 3.15. The third-order valence-electron chi connectivity index (χ3n) is 1.36. The highest BCUT2D eigenvalue weighted by atomic mass is 16.8. The van der Waals surface area contributed by atoms with Gasteiger partial charge in [0.15, 0.2) is 12.6 Å². The standard InChI is InChI=1S/C6H12O4/c1-7-5-3-10-6(8-2)4-9-5/h5-6H,3-4H2,1-2H3/t5-,6-/m1/s1. The van der Waals surface area contributed by atoms with E-state index in [9.17, 15) is 0 Å². The van der Waals surface area contributed by atoms with Crippen LogP contribution in [0.1, 0.15) is 0 Å². The lowest BCUT2D eigenvalue weighted by Gasteiger charge is -2.27. The summed E-state index contributed by atoms with van der Waals surface area (Å²) >= 11 is 0.